The van der Waals surface area contributed by atoms with E-state index in [0.29, 0.717) is 17.3 Å². The van der Waals surface area contributed by atoms with Gasteiger partial charge in [-0.05, 0) is 66.9 Å². The van der Waals surface area contributed by atoms with E-state index in [0.717, 1.165) is 40.4 Å². The Labute approximate surface area is 227 Å². The summed E-state index contributed by atoms with van der Waals surface area (Å²) >= 11 is 6.22. The number of aromatic nitrogens is 3. The number of hydrogen-bond donors (Lipinski definition) is 1. The SMILES string of the molecule is CCc1ccc([C@@H]2c3cccn3-c3c(c(C)nn3-c3ccccc3)CN2C(=O)Nc2cccc(Cl)c2)cc1. The van der Waals surface area contributed by atoms with Gasteiger partial charge in [0.15, 0.2) is 0 Å². The number of urea groups is 1. The molecule has 5 aromatic rings. The second kappa shape index (κ2) is 9.88. The third-order valence-electron chi connectivity index (χ3n) is 7.13. The van der Waals surface area contributed by atoms with Crippen LogP contribution < -0.4 is 5.32 Å². The zero-order valence-electron chi connectivity index (χ0n) is 21.3. The molecule has 1 aliphatic heterocycles. The Morgan fingerprint density at radius 1 is 1.00 bits per heavy atom. The first-order chi connectivity index (χ1) is 18.5. The smallest absolute Gasteiger partial charge is 0.308 e. The highest BCUT2D eigenvalue weighted by molar-refractivity contribution is 6.30. The van der Waals surface area contributed by atoms with Crippen LogP contribution in [0.5, 0.6) is 0 Å². The normalized spacial score (nSPS) is 14.5. The first-order valence-electron chi connectivity index (χ1n) is 12.8. The largest absolute Gasteiger partial charge is 0.322 e. The molecule has 0 bridgehead atoms. The van der Waals surface area contributed by atoms with Gasteiger partial charge in [-0.3, -0.25) is 0 Å². The van der Waals surface area contributed by atoms with Gasteiger partial charge in [0.05, 0.1) is 29.7 Å². The van der Waals surface area contributed by atoms with Crippen LogP contribution in [0.2, 0.25) is 5.02 Å². The average molecular weight is 522 g/mol. The number of aryl methyl sites for hydroxylation is 2. The number of hydrogen-bond acceptors (Lipinski definition) is 2. The van der Waals surface area contributed by atoms with Crippen LogP contribution in [0.25, 0.3) is 11.5 Å². The maximum absolute atomic E-state index is 14.0. The van der Waals surface area contributed by atoms with Gasteiger partial charge in [-0.2, -0.15) is 5.10 Å². The van der Waals surface area contributed by atoms with E-state index in [1.165, 1.54) is 5.56 Å². The number of carbonyl (C=O) groups excluding carboxylic acids is 1. The number of nitrogens with zero attached hydrogens (tertiary/aromatic N) is 4. The summed E-state index contributed by atoms with van der Waals surface area (Å²) in [7, 11) is 0. The quantitative estimate of drug-likeness (QED) is 0.269. The van der Waals surface area contributed by atoms with Crippen LogP contribution in [0.3, 0.4) is 0 Å². The average Bonchev–Trinajstić information content (AvgIpc) is 3.49. The lowest BCUT2D eigenvalue weighted by Crippen LogP contribution is -2.38. The molecule has 7 heteroatoms. The predicted octanol–water partition coefficient (Wildman–Crippen LogP) is 7.32. The van der Waals surface area contributed by atoms with Gasteiger partial charge in [-0.25, -0.2) is 9.48 Å². The van der Waals surface area contributed by atoms with Crippen molar-refractivity contribution in [3.63, 3.8) is 0 Å². The van der Waals surface area contributed by atoms with Gasteiger partial charge in [-0.1, -0.05) is 67.1 Å². The van der Waals surface area contributed by atoms with E-state index in [1.807, 2.05) is 65.0 Å². The number of benzene rings is 3. The molecule has 2 amide bonds. The van der Waals surface area contributed by atoms with E-state index in [4.69, 9.17) is 16.7 Å². The Morgan fingerprint density at radius 3 is 2.53 bits per heavy atom. The van der Waals surface area contributed by atoms with Crippen LogP contribution in [-0.2, 0) is 13.0 Å². The van der Waals surface area contributed by atoms with Crippen molar-refractivity contribution < 1.29 is 4.79 Å². The Kier molecular flexibility index (Phi) is 6.26. The molecule has 38 heavy (non-hydrogen) atoms. The summed E-state index contributed by atoms with van der Waals surface area (Å²) in [6, 6.07) is 29.5. The fraction of sp³-hybridized carbons (Fsp3) is 0.161. The molecule has 3 heterocycles. The number of halogens is 1. The fourth-order valence-electron chi connectivity index (χ4n) is 5.20. The maximum atomic E-state index is 14.0. The number of anilines is 1. The Morgan fingerprint density at radius 2 is 1.79 bits per heavy atom. The molecule has 6 rings (SSSR count). The van der Waals surface area contributed by atoms with Crippen molar-refractivity contribution in [3.8, 4) is 11.5 Å². The Balaban J connectivity index is 1.53. The van der Waals surface area contributed by atoms with E-state index in [2.05, 4.69) is 53.3 Å². The minimum absolute atomic E-state index is 0.204. The molecule has 1 N–H and O–H groups in total. The van der Waals surface area contributed by atoms with Crippen LogP contribution in [0, 0.1) is 6.92 Å². The highest BCUT2D eigenvalue weighted by atomic mass is 35.5. The van der Waals surface area contributed by atoms with E-state index >= 15 is 0 Å². The molecule has 2 aromatic heterocycles. The molecule has 3 aromatic carbocycles. The topological polar surface area (TPSA) is 55.1 Å². The van der Waals surface area contributed by atoms with Crippen LogP contribution in [-0.4, -0.2) is 25.3 Å². The second-order valence-corrected chi connectivity index (χ2v) is 9.94. The van der Waals surface area contributed by atoms with Crippen LogP contribution in [0.15, 0.2) is 97.2 Å². The summed E-state index contributed by atoms with van der Waals surface area (Å²) in [4.78, 5) is 15.9. The second-order valence-electron chi connectivity index (χ2n) is 9.50. The molecule has 1 aliphatic rings. The molecule has 0 saturated carbocycles. The summed E-state index contributed by atoms with van der Waals surface area (Å²) in [5.41, 5.74) is 6.80. The van der Waals surface area contributed by atoms with Crippen molar-refractivity contribution in [1.82, 2.24) is 19.2 Å². The molecule has 190 valence electrons. The number of carbonyl (C=O) groups is 1. The maximum Gasteiger partial charge on any atom is 0.322 e. The molecule has 6 nitrogen and oxygen atoms in total. The molecule has 0 spiro atoms. The Bertz CT molecular complexity index is 1600. The van der Waals surface area contributed by atoms with E-state index < -0.39 is 0 Å². The third kappa shape index (κ3) is 4.27. The van der Waals surface area contributed by atoms with Crippen molar-refractivity contribution >= 4 is 23.3 Å². The van der Waals surface area contributed by atoms with Gasteiger partial charge in [0.1, 0.15) is 5.82 Å². The summed E-state index contributed by atoms with van der Waals surface area (Å²) in [6.45, 7) is 4.54. The molecule has 1 atom stereocenters. The van der Waals surface area contributed by atoms with Gasteiger partial charge in [-0.15, -0.1) is 0 Å². The van der Waals surface area contributed by atoms with Crippen molar-refractivity contribution in [1.29, 1.82) is 0 Å². The van der Waals surface area contributed by atoms with E-state index in [9.17, 15) is 4.79 Å². The first-order valence-corrected chi connectivity index (χ1v) is 13.1. The Hall–Kier alpha value is -4.29. The van der Waals surface area contributed by atoms with E-state index in [-0.39, 0.29) is 12.1 Å². The van der Waals surface area contributed by atoms with Crippen molar-refractivity contribution in [2.75, 3.05) is 5.32 Å². The molecular weight excluding hydrogens is 494 g/mol. The van der Waals surface area contributed by atoms with Gasteiger partial charge in [0.25, 0.3) is 0 Å². The monoisotopic (exact) mass is 521 g/mol. The summed E-state index contributed by atoms with van der Waals surface area (Å²) in [6.07, 6.45) is 3.01. The van der Waals surface area contributed by atoms with Crippen LogP contribution in [0.1, 0.15) is 41.0 Å². The first kappa shape index (κ1) is 24.1. The molecule has 0 fully saturated rings. The van der Waals surface area contributed by atoms with Gasteiger partial charge in [0.2, 0.25) is 0 Å². The molecule has 0 saturated heterocycles. The van der Waals surface area contributed by atoms with Crippen molar-refractivity contribution in [3.05, 3.63) is 130 Å². The third-order valence-corrected chi connectivity index (χ3v) is 7.36. The lowest BCUT2D eigenvalue weighted by molar-refractivity contribution is 0.194. The summed E-state index contributed by atoms with van der Waals surface area (Å²) < 4.78 is 4.15. The number of rotatable bonds is 4. The number of amides is 2. The van der Waals surface area contributed by atoms with Crippen molar-refractivity contribution in [2.24, 2.45) is 0 Å². The van der Waals surface area contributed by atoms with Crippen molar-refractivity contribution in [2.45, 2.75) is 32.9 Å². The highest BCUT2D eigenvalue weighted by Gasteiger charge is 2.36. The van der Waals surface area contributed by atoms with Gasteiger partial charge in [0, 0.05) is 22.5 Å². The summed E-state index contributed by atoms with van der Waals surface area (Å²) in [5, 5.41) is 8.56. The fourth-order valence-corrected chi connectivity index (χ4v) is 5.39. The van der Waals surface area contributed by atoms with Crippen LogP contribution in [0.4, 0.5) is 10.5 Å². The highest BCUT2D eigenvalue weighted by Crippen LogP contribution is 2.39. The van der Waals surface area contributed by atoms with Gasteiger partial charge < -0.3 is 14.8 Å². The standard InChI is InChI=1S/C31H28ClN5O/c1-3-22-14-16-23(17-15-22)29-28-13-8-18-35(28)30-27(21(2)34-37(30)26-11-5-4-6-12-26)20-36(29)31(38)33-25-10-7-9-24(32)19-25/h4-19,29H,3,20H2,1-2H3,(H,33,38)/t29-/m1/s1. The lowest BCUT2D eigenvalue weighted by atomic mass is 9.99. The molecular formula is C31H28ClN5O. The minimum atomic E-state index is -0.314. The van der Waals surface area contributed by atoms with Gasteiger partial charge >= 0.3 is 6.03 Å². The zero-order chi connectivity index (χ0) is 26.2. The summed E-state index contributed by atoms with van der Waals surface area (Å²) in [5.74, 6) is 0.946. The molecule has 0 unspecified atom stereocenters. The number of para-hydroxylation sites is 1. The van der Waals surface area contributed by atoms with E-state index in [1.54, 1.807) is 12.1 Å². The molecule has 0 aliphatic carbocycles. The predicted molar refractivity (Wildman–Crippen MR) is 151 cm³/mol. The van der Waals surface area contributed by atoms with Crippen LogP contribution >= 0.6 is 11.6 Å². The molecule has 0 radical (unpaired) electrons. The number of nitrogens with one attached hydrogen (secondary N) is 1. The number of fused-ring (bicyclic) bond motifs is 3. The minimum Gasteiger partial charge on any atom is -0.308 e. The lowest BCUT2D eigenvalue weighted by Gasteiger charge is -2.31. The zero-order valence-corrected chi connectivity index (χ0v) is 22.1.